The van der Waals surface area contributed by atoms with Gasteiger partial charge in [0.05, 0.1) is 23.7 Å². The zero-order valence-electron chi connectivity index (χ0n) is 9.67. The number of benzene rings is 1. The fourth-order valence-electron chi connectivity index (χ4n) is 1.78. The van der Waals surface area contributed by atoms with Crippen molar-refractivity contribution in [2.24, 2.45) is 5.73 Å². The lowest BCUT2D eigenvalue weighted by Gasteiger charge is -2.10. The average Bonchev–Trinajstić information content (AvgIpc) is 2.77. The lowest BCUT2D eigenvalue weighted by Crippen LogP contribution is -2.12. The lowest BCUT2D eigenvalue weighted by atomic mass is 10.1. The van der Waals surface area contributed by atoms with E-state index >= 15 is 0 Å². The van der Waals surface area contributed by atoms with E-state index in [1.165, 1.54) is 0 Å². The molecule has 0 aliphatic heterocycles. The van der Waals surface area contributed by atoms with Crippen LogP contribution in [0.3, 0.4) is 0 Å². The molecule has 0 unspecified atom stereocenters. The van der Waals surface area contributed by atoms with E-state index in [0.29, 0.717) is 12.1 Å². The van der Waals surface area contributed by atoms with E-state index in [1.54, 1.807) is 18.6 Å². The first-order valence-electron chi connectivity index (χ1n) is 5.45. The number of nitriles is 1. The van der Waals surface area contributed by atoms with Crippen LogP contribution in [0.25, 0.3) is 0 Å². The van der Waals surface area contributed by atoms with Crippen molar-refractivity contribution >= 4 is 0 Å². The Hall–Kier alpha value is -2.12. The second kappa shape index (κ2) is 4.81. The predicted molar refractivity (Wildman–Crippen MR) is 65.1 cm³/mol. The van der Waals surface area contributed by atoms with Gasteiger partial charge in [0, 0.05) is 18.8 Å². The molecule has 4 nitrogen and oxygen atoms in total. The first kappa shape index (κ1) is 11.4. The Kier molecular flexibility index (Phi) is 3.22. The molecule has 4 heteroatoms. The van der Waals surface area contributed by atoms with Crippen molar-refractivity contribution in [1.29, 1.82) is 5.26 Å². The van der Waals surface area contributed by atoms with Gasteiger partial charge in [-0.05, 0) is 24.6 Å². The maximum absolute atomic E-state index is 8.84. The summed E-state index contributed by atoms with van der Waals surface area (Å²) in [6, 6.07) is 9.64. The van der Waals surface area contributed by atoms with Crippen molar-refractivity contribution in [1.82, 2.24) is 9.55 Å². The molecule has 2 N–H and O–H groups in total. The van der Waals surface area contributed by atoms with Crippen molar-refractivity contribution in [2.75, 3.05) is 0 Å². The van der Waals surface area contributed by atoms with E-state index < -0.39 is 0 Å². The summed E-state index contributed by atoms with van der Waals surface area (Å²) in [5.41, 5.74) is 8.59. The summed E-state index contributed by atoms with van der Waals surface area (Å²) in [7, 11) is 0. The first-order chi connectivity index (χ1) is 8.20. The van der Waals surface area contributed by atoms with Crippen LogP contribution < -0.4 is 5.73 Å². The fraction of sp³-hybridized carbons (Fsp3) is 0.231. The normalized spacial score (nSPS) is 12.1. The van der Waals surface area contributed by atoms with Gasteiger partial charge in [-0.1, -0.05) is 12.1 Å². The maximum Gasteiger partial charge on any atom is 0.0991 e. The summed E-state index contributed by atoms with van der Waals surface area (Å²) in [5, 5.41) is 8.84. The average molecular weight is 226 g/mol. The van der Waals surface area contributed by atoms with Gasteiger partial charge in [0.15, 0.2) is 0 Å². The van der Waals surface area contributed by atoms with Gasteiger partial charge in [0.2, 0.25) is 0 Å². The van der Waals surface area contributed by atoms with Gasteiger partial charge >= 0.3 is 0 Å². The molecule has 0 amide bonds. The molecule has 0 aliphatic rings. The van der Waals surface area contributed by atoms with Crippen molar-refractivity contribution in [3.63, 3.8) is 0 Å². The van der Waals surface area contributed by atoms with E-state index in [0.717, 1.165) is 11.3 Å². The van der Waals surface area contributed by atoms with Crippen molar-refractivity contribution in [3.8, 4) is 6.07 Å². The first-order valence-corrected chi connectivity index (χ1v) is 5.45. The molecule has 17 heavy (non-hydrogen) atoms. The lowest BCUT2D eigenvalue weighted by molar-refractivity contribution is 0.674. The second-order valence-corrected chi connectivity index (χ2v) is 4.05. The quantitative estimate of drug-likeness (QED) is 0.868. The molecular formula is C13H14N4. The number of nitrogens with zero attached hydrogens (tertiary/aromatic N) is 3. The molecule has 0 saturated heterocycles. The standard InChI is InChI=1S/C13H14N4/c1-10(15)13-7-16-9-17(13)8-12-4-2-3-11(5-12)6-14/h2-5,7,9-10H,8,15H2,1H3/t10-/m0/s1. The summed E-state index contributed by atoms with van der Waals surface area (Å²) in [6.45, 7) is 2.62. The molecule has 0 saturated carbocycles. The van der Waals surface area contributed by atoms with Crippen LogP contribution in [0, 0.1) is 11.3 Å². The molecule has 1 atom stereocenters. The van der Waals surface area contributed by atoms with E-state index in [9.17, 15) is 0 Å². The molecule has 0 aliphatic carbocycles. The number of rotatable bonds is 3. The number of aromatic nitrogens is 2. The van der Waals surface area contributed by atoms with Gasteiger partial charge in [-0.25, -0.2) is 4.98 Å². The SMILES string of the molecule is C[C@H](N)c1cncn1Cc1cccc(C#N)c1. The Morgan fingerprint density at radius 2 is 2.35 bits per heavy atom. The highest BCUT2D eigenvalue weighted by atomic mass is 15.1. The van der Waals surface area contributed by atoms with Crippen LogP contribution in [0.5, 0.6) is 0 Å². The van der Waals surface area contributed by atoms with Gasteiger partial charge in [-0.3, -0.25) is 0 Å². The predicted octanol–water partition coefficient (Wildman–Crippen LogP) is 1.82. The zero-order chi connectivity index (χ0) is 12.3. The summed E-state index contributed by atoms with van der Waals surface area (Å²) in [5.74, 6) is 0. The van der Waals surface area contributed by atoms with E-state index in [-0.39, 0.29) is 6.04 Å². The number of nitrogens with two attached hydrogens (primary N) is 1. The van der Waals surface area contributed by atoms with Crippen LogP contribution in [-0.2, 0) is 6.54 Å². The minimum atomic E-state index is -0.0448. The maximum atomic E-state index is 8.84. The van der Waals surface area contributed by atoms with Crippen LogP contribution in [0.1, 0.15) is 29.8 Å². The highest BCUT2D eigenvalue weighted by molar-refractivity contribution is 5.33. The molecule has 0 spiro atoms. The monoisotopic (exact) mass is 226 g/mol. The van der Waals surface area contributed by atoms with Crippen LogP contribution >= 0.6 is 0 Å². The molecular weight excluding hydrogens is 212 g/mol. The van der Waals surface area contributed by atoms with Crippen molar-refractivity contribution < 1.29 is 0 Å². The molecule has 0 fully saturated rings. The van der Waals surface area contributed by atoms with Gasteiger partial charge in [0.1, 0.15) is 0 Å². The summed E-state index contributed by atoms with van der Waals surface area (Å²) < 4.78 is 2.00. The van der Waals surface area contributed by atoms with E-state index in [4.69, 9.17) is 11.0 Å². The largest absolute Gasteiger partial charge is 0.329 e. The van der Waals surface area contributed by atoms with Gasteiger partial charge in [0.25, 0.3) is 0 Å². The molecule has 1 heterocycles. The Bertz CT molecular complexity index is 549. The highest BCUT2D eigenvalue weighted by Gasteiger charge is 2.07. The number of hydrogen-bond donors (Lipinski definition) is 1. The molecule has 0 bridgehead atoms. The second-order valence-electron chi connectivity index (χ2n) is 4.05. The highest BCUT2D eigenvalue weighted by Crippen LogP contribution is 2.12. The van der Waals surface area contributed by atoms with Gasteiger partial charge in [-0.15, -0.1) is 0 Å². The molecule has 2 rings (SSSR count). The molecule has 1 aromatic heterocycles. The van der Waals surface area contributed by atoms with E-state index in [1.807, 2.05) is 29.7 Å². The van der Waals surface area contributed by atoms with Gasteiger partial charge in [-0.2, -0.15) is 5.26 Å². The smallest absolute Gasteiger partial charge is 0.0991 e. The Morgan fingerprint density at radius 1 is 1.53 bits per heavy atom. The number of hydrogen-bond acceptors (Lipinski definition) is 3. The molecule has 86 valence electrons. The van der Waals surface area contributed by atoms with Crippen molar-refractivity contribution in [2.45, 2.75) is 19.5 Å². The summed E-state index contributed by atoms with van der Waals surface area (Å²) in [6.07, 6.45) is 3.54. The van der Waals surface area contributed by atoms with Crippen LogP contribution in [0.2, 0.25) is 0 Å². The molecule has 1 aromatic carbocycles. The molecule has 2 aromatic rings. The summed E-state index contributed by atoms with van der Waals surface area (Å²) in [4.78, 5) is 4.10. The third kappa shape index (κ3) is 2.52. The minimum absolute atomic E-state index is 0.0448. The third-order valence-corrected chi connectivity index (χ3v) is 2.62. The minimum Gasteiger partial charge on any atom is -0.329 e. The molecule has 0 radical (unpaired) electrons. The Balaban J connectivity index is 2.26. The third-order valence-electron chi connectivity index (χ3n) is 2.62. The Labute approximate surface area is 100 Å². The topological polar surface area (TPSA) is 67.6 Å². The van der Waals surface area contributed by atoms with E-state index in [2.05, 4.69) is 11.1 Å². The van der Waals surface area contributed by atoms with Crippen LogP contribution in [0.4, 0.5) is 0 Å². The van der Waals surface area contributed by atoms with Crippen molar-refractivity contribution in [3.05, 3.63) is 53.6 Å². The number of imidazole rings is 1. The Morgan fingerprint density at radius 3 is 3.06 bits per heavy atom. The zero-order valence-corrected chi connectivity index (χ0v) is 9.67. The van der Waals surface area contributed by atoms with Crippen LogP contribution in [-0.4, -0.2) is 9.55 Å². The van der Waals surface area contributed by atoms with Crippen LogP contribution in [0.15, 0.2) is 36.8 Å². The fourth-order valence-corrected chi connectivity index (χ4v) is 1.78. The summed E-state index contributed by atoms with van der Waals surface area (Å²) >= 11 is 0. The van der Waals surface area contributed by atoms with Gasteiger partial charge < -0.3 is 10.3 Å².